The van der Waals surface area contributed by atoms with E-state index >= 15 is 0 Å². The van der Waals surface area contributed by atoms with Crippen LogP contribution in [0.3, 0.4) is 0 Å². The van der Waals surface area contributed by atoms with Gasteiger partial charge >= 0.3 is 5.97 Å². The van der Waals surface area contributed by atoms with Gasteiger partial charge < -0.3 is 28.4 Å². The van der Waals surface area contributed by atoms with Gasteiger partial charge in [-0.3, -0.25) is 4.79 Å². The van der Waals surface area contributed by atoms with Crippen molar-refractivity contribution < 1.29 is 33.2 Å². The number of esters is 1. The van der Waals surface area contributed by atoms with E-state index in [9.17, 15) is 4.79 Å². The molecule has 228 valence electrons. The zero-order valence-corrected chi connectivity index (χ0v) is 25.5. The van der Waals surface area contributed by atoms with E-state index in [-0.39, 0.29) is 12.4 Å². The molecule has 0 bridgehead atoms. The monoisotopic (exact) mass is 546 g/mol. The molecule has 0 aliphatic heterocycles. The molecule has 38 heavy (non-hydrogen) atoms. The Morgan fingerprint density at radius 2 is 0.763 bits per heavy atom. The zero-order chi connectivity index (χ0) is 28.0. The molecule has 0 radical (unpaired) electrons. The first-order chi connectivity index (χ1) is 18.5. The summed E-state index contributed by atoms with van der Waals surface area (Å²) in [6.07, 6.45) is 19.5. The molecular formula is C31H62O7. The van der Waals surface area contributed by atoms with Gasteiger partial charge in [0.25, 0.3) is 0 Å². The fraction of sp³-hybridized carbons (Fsp3) is 0.968. The van der Waals surface area contributed by atoms with Crippen molar-refractivity contribution in [2.45, 2.75) is 130 Å². The Hall–Kier alpha value is -0.730. The molecule has 0 aromatic rings. The molecule has 0 fully saturated rings. The Morgan fingerprint density at radius 1 is 0.447 bits per heavy atom. The van der Waals surface area contributed by atoms with Crippen LogP contribution < -0.4 is 0 Å². The molecule has 0 aromatic carbocycles. The third-order valence-corrected chi connectivity index (χ3v) is 6.00. The summed E-state index contributed by atoms with van der Waals surface area (Å²) in [6, 6.07) is 0. The van der Waals surface area contributed by atoms with E-state index in [2.05, 4.69) is 6.92 Å². The molecular weight excluding hydrogens is 484 g/mol. The molecule has 0 spiro atoms. The van der Waals surface area contributed by atoms with E-state index in [4.69, 9.17) is 28.4 Å². The molecule has 0 aromatic heterocycles. The van der Waals surface area contributed by atoms with Crippen molar-refractivity contribution >= 4 is 5.97 Å². The Labute approximate surface area is 235 Å². The SMILES string of the molecule is CCCCCCCCCCCCCCCCOCCOCCOCCOCCOCCC(=O)OC(C)(C)C. The number of hydrogen-bond acceptors (Lipinski definition) is 7. The summed E-state index contributed by atoms with van der Waals surface area (Å²) in [5, 5.41) is 0. The largest absolute Gasteiger partial charge is 0.460 e. The molecule has 0 atom stereocenters. The van der Waals surface area contributed by atoms with Crippen LogP contribution in [-0.2, 0) is 33.2 Å². The molecule has 0 rings (SSSR count). The zero-order valence-electron chi connectivity index (χ0n) is 25.5. The van der Waals surface area contributed by atoms with E-state index in [0.29, 0.717) is 59.5 Å². The summed E-state index contributed by atoms with van der Waals surface area (Å²) < 4.78 is 32.7. The predicted molar refractivity (Wildman–Crippen MR) is 155 cm³/mol. The van der Waals surface area contributed by atoms with Gasteiger partial charge in [0.05, 0.1) is 65.9 Å². The summed E-state index contributed by atoms with van der Waals surface area (Å²) in [4.78, 5) is 11.5. The first-order valence-electron chi connectivity index (χ1n) is 15.6. The second-order valence-electron chi connectivity index (χ2n) is 11.0. The summed E-state index contributed by atoms with van der Waals surface area (Å²) >= 11 is 0. The minimum absolute atomic E-state index is 0.245. The van der Waals surface area contributed by atoms with E-state index in [1.807, 2.05) is 20.8 Å². The van der Waals surface area contributed by atoms with Crippen LogP contribution >= 0.6 is 0 Å². The van der Waals surface area contributed by atoms with Crippen LogP contribution in [0.2, 0.25) is 0 Å². The van der Waals surface area contributed by atoms with Gasteiger partial charge in [-0.1, -0.05) is 90.4 Å². The van der Waals surface area contributed by atoms with Gasteiger partial charge in [-0.2, -0.15) is 0 Å². The quantitative estimate of drug-likeness (QED) is 0.0692. The van der Waals surface area contributed by atoms with Gasteiger partial charge in [0, 0.05) is 6.61 Å². The van der Waals surface area contributed by atoms with Gasteiger partial charge in [-0.05, 0) is 27.2 Å². The number of carbonyl (C=O) groups is 1. The molecule has 0 amide bonds. The summed E-state index contributed by atoms with van der Waals surface area (Å²) in [5.41, 5.74) is -0.454. The van der Waals surface area contributed by atoms with Crippen molar-refractivity contribution in [1.82, 2.24) is 0 Å². The molecule has 0 aliphatic carbocycles. The van der Waals surface area contributed by atoms with Gasteiger partial charge in [0.15, 0.2) is 0 Å². The van der Waals surface area contributed by atoms with Crippen LogP contribution in [0.4, 0.5) is 0 Å². The minimum Gasteiger partial charge on any atom is -0.460 e. The maximum absolute atomic E-state index is 11.5. The highest BCUT2D eigenvalue weighted by molar-refractivity contribution is 5.69. The minimum atomic E-state index is -0.454. The average Bonchev–Trinajstić information content (AvgIpc) is 2.86. The van der Waals surface area contributed by atoms with Crippen molar-refractivity contribution in [3.05, 3.63) is 0 Å². The second-order valence-corrected chi connectivity index (χ2v) is 11.0. The number of hydrogen-bond donors (Lipinski definition) is 0. The number of rotatable bonds is 30. The Morgan fingerprint density at radius 3 is 1.13 bits per heavy atom. The van der Waals surface area contributed by atoms with Crippen molar-refractivity contribution in [2.75, 3.05) is 66.1 Å². The first-order valence-corrected chi connectivity index (χ1v) is 15.6. The molecule has 0 unspecified atom stereocenters. The van der Waals surface area contributed by atoms with Crippen LogP contribution in [0.25, 0.3) is 0 Å². The normalized spacial score (nSPS) is 11.8. The van der Waals surface area contributed by atoms with E-state index in [1.165, 1.54) is 83.5 Å². The number of ether oxygens (including phenoxy) is 6. The van der Waals surface area contributed by atoms with Gasteiger partial charge in [0.2, 0.25) is 0 Å². The van der Waals surface area contributed by atoms with Crippen LogP contribution in [0.15, 0.2) is 0 Å². The molecule has 0 heterocycles. The molecule has 0 saturated heterocycles. The summed E-state index contributed by atoms with van der Waals surface area (Å²) in [6.45, 7) is 13.3. The topological polar surface area (TPSA) is 72.5 Å². The average molecular weight is 547 g/mol. The Balaban J connectivity index is 3.09. The second kappa shape index (κ2) is 29.3. The van der Waals surface area contributed by atoms with Crippen LogP contribution in [0, 0.1) is 0 Å². The number of carbonyl (C=O) groups excluding carboxylic acids is 1. The fourth-order valence-corrected chi connectivity index (χ4v) is 3.93. The Kier molecular flexibility index (Phi) is 28.7. The summed E-state index contributed by atoms with van der Waals surface area (Å²) in [5.74, 6) is -0.245. The fourth-order valence-electron chi connectivity index (χ4n) is 3.93. The lowest BCUT2D eigenvalue weighted by molar-refractivity contribution is -0.156. The van der Waals surface area contributed by atoms with Crippen molar-refractivity contribution in [1.29, 1.82) is 0 Å². The van der Waals surface area contributed by atoms with Gasteiger partial charge in [-0.25, -0.2) is 0 Å². The van der Waals surface area contributed by atoms with E-state index in [0.717, 1.165) is 13.0 Å². The van der Waals surface area contributed by atoms with Gasteiger partial charge in [-0.15, -0.1) is 0 Å². The van der Waals surface area contributed by atoms with Crippen molar-refractivity contribution in [3.63, 3.8) is 0 Å². The molecule has 0 aliphatic rings. The first kappa shape index (κ1) is 37.3. The molecule has 7 nitrogen and oxygen atoms in total. The lowest BCUT2D eigenvalue weighted by atomic mass is 10.0. The Bertz CT molecular complexity index is 479. The molecule has 7 heteroatoms. The van der Waals surface area contributed by atoms with Crippen LogP contribution in [0.5, 0.6) is 0 Å². The third kappa shape index (κ3) is 33.3. The smallest absolute Gasteiger partial charge is 0.308 e. The van der Waals surface area contributed by atoms with Crippen LogP contribution in [0.1, 0.15) is 124 Å². The third-order valence-electron chi connectivity index (χ3n) is 6.00. The highest BCUT2D eigenvalue weighted by Crippen LogP contribution is 2.13. The highest BCUT2D eigenvalue weighted by atomic mass is 16.6. The van der Waals surface area contributed by atoms with Crippen molar-refractivity contribution in [3.8, 4) is 0 Å². The van der Waals surface area contributed by atoms with E-state index < -0.39 is 5.60 Å². The predicted octanol–water partition coefficient (Wildman–Crippen LogP) is 7.28. The van der Waals surface area contributed by atoms with Gasteiger partial charge in [0.1, 0.15) is 5.60 Å². The van der Waals surface area contributed by atoms with E-state index in [1.54, 1.807) is 0 Å². The summed E-state index contributed by atoms with van der Waals surface area (Å²) in [7, 11) is 0. The van der Waals surface area contributed by atoms with Crippen molar-refractivity contribution in [2.24, 2.45) is 0 Å². The maximum atomic E-state index is 11.5. The van der Waals surface area contributed by atoms with Crippen LogP contribution in [-0.4, -0.2) is 77.6 Å². The standard InChI is InChI=1S/C31H62O7/c1-5-6-7-8-9-10-11-12-13-14-15-16-17-18-20-33-22-24-35-26-28-37-29-27-36-25-23-34-21-19-30(32)38-31(2,3)4/h5-29H2,1-4H3. The highest BCUT2D eigenvalue weighted by Gasteiger charge is 2.15. The lowest BCUT2D eigenvalue weighted by Gasteiger charge is -2.19. The molecule has 0 saturated carbocycles. The lowest BCUT2D eigenvalue weighted by Crippen LogP contribution is -2.24. The maximum Gasteiger partial charge on any atom is 0.308 e. The number of unbranched alkanes of at least 4 members (excludes halogenated alkanes) is 13. The molecule has 0 N–H and O–H groups in total.